The number of hydrogen-bond donors (Lipinski definition) is 2. The first kappa shape index (κ1) is 30.3. The van der Waals surface area contributed by atoms with E-state index in [0.717, 1.165) is 39.1 Å². The van der Waals surface area contributed by atoms with Crippen LogP contribution in [0.1, 0.15) is 64.0 Å². The number of amides is 2. The van der Waals surface area contributed by atoms with Gasteiger partial charge in [0, 0.05) is 37.7 Å². The molecule has 4 aromatic rings. The molecule has 0 bridgehead atoms. The number of fused-ring (bicyclic) bond motifs is 1. The van der Waals surface area contributed by atoms with Gasteiger partial charge in [-0.05, 0) is 76.6 Å². The number of pyridine rings is 2. The summed E-state index contributed by atoms with van der Waals surface area (Å²) in [5.74, 6) is 0.644. The van der Waals surface area contributed by atoms with Gasteiger partial charge in [-0.3, -0.25) is 14.5 Å². The van der Waals surface area contributed by atoms with E-state index in [0.29, 0.717) is 25.3 Å². The van der Waals surface area contributed by atoms with Gasteiger partial charge in [-0.1, -0.05) is 39.8 Å². The highest BCUT2D eigenvalue weighted by atomic mass is 16.5. The molecule has 2 N–H and O–H groups in total. The van der Waals surface area contributed by atoms with Gasteiger partial charge in [0.1, 0.15) is 17.1 Å². The van der Waals surface area contributed by atoms with Gasteiger partial charge in [0.25, 0.3) is 5.56 Å². The Morgan fingerprint density at radius 3 is 2.33 bits per heavy atom. The zero-order valence-corrected chi connectivity index (χ0v) is 25.0. The summed E-state index contributed by atoms with van der Waals surface area (Å²) in [5, 5.41) is 3.85. The summed E-state index contributed by atoms with van der Waals surface area (Å²) in [6.45, 7) is 10.5. The van der Waals surface area contributed by atoms with Crippen molar-refractivity contribution in [3.05, 3.63) is 82.3 Å². The molecule has 0 aliphatic heterocycles. The van der Waals surface area contributed by atoms with Gasteiger partial charge in [0.2, 0.25) is 0 Å². The first-order valence-electron chi connectivity index (χ1n) is 14.1. The summed E-state index contributed by atoms with van der Waals surface area (Å²) in [5.41, 5.74) is 5.03. The van der Waals surface area contributed by atoms with E-state index in [1.165, 1.54) is 11.8 Å². The third-order valence-corrected chi connectivity index (χ3v) is 6.97. The topological polar surface area (TPSA) is 114 Å². The molecule has 9 nitrogen and oxygen atoms in total. The molecule has 0 aliphatic rings. The van der Waals surface area contributed by atoms with Crippen molar-refractivity contribution in [1.82, 2.24) is 9.97 Å². The highest BCUT2D eigenvalue weighted by molar-refractivity contribution is 6.03. The number of nitrogens with zero attached hydrogens (tertiary/aromatic N) is 2. The van der Waals surface area contributed by atoms with Crippen LogP contribution in [0.5, 0.6) is 5.75 Å². The average Bonchev–Trinajstić information content (AvgIpc) is 2.96. The first-order chi connectivity index (χ1) is 20.0. The Hall–Kier alpha value is -4.66. The van der Waals surface area contributed by atoms with Crippen LogP contribution in [0.4, 0.5) is 16.2 Å². The maximum absolute atomic E-state index is 13.5. The Morgan fingerprint density at radius 1 is 0.952 bits per heavy atom. The number of aromatic nitrogens is 2. The SMILES string of the molecule is CC(=O)OCCCOc1cccc(-c2cc(C(C)C)c(NC(=O)N(C)c3cc4cccnc4[nH]c3=O)c(C(C)C)c2)c1. The van der Waals surface area contributed by atoms with Crippen molar-refractivity contribution >= 4 is 34.4 Å². The summed E-state index contributed by atoms with van der Waals surface area (Å²) in [6.07, 6.45) is 2.21. The minimum atomic E-state index is -0.413. The Balaban J connectivity index is 1.62. The van der Waals surface area contributed by atoms with Crippen molar-refractivity contribution in [3.8, 4) is 16.9 Å². The van der Waals surface area contributed by atoms with E-state index in [9.17, 15) is 14.4 Å². The van der Waals surface area contributed by atoms with Crippen molar-refractivity contribution in [2.75, 3.05) is 30.5 Å². The largest absolute Gasteiger partial charge is 0.493 e. The molecule has 0 unspecified atom stereocenters. The Morgan fingerprint density at radius 2 is 1.67 bits per heavy atom. The summed E-state index contributed by atoms with van der Waals surface area (Å²) in [4.78, 5) is 45.6. The van der Waals surface area contributed by atoms with Gasteiger partial charge >= 0.3 is 12.0 Å². The van der Waals surface area contributed by atoms with Crippen molar-refractivity contribution in [1.29, 1.82) is 0 Å². The molecule has 2 amide bonds. The summed E-state index contributed by atoms with van der Waals surface area (Å²) >= 11 is 0. The number of carbonyl (C=O) groups excluding carboxylic acids is 2. The van der Waals surface area contributed by atoms with Crippen molar-refractivity contribution < 1.29 is 19.1 Å². The summed E-state index contributed by atoms with van der Waals surface area (Å²) in [6, 6.07) is 16.9. The molecule has 0 atom stereocenters. The quantitative estimate of drug-likeness (QED) is 0.159. The predicted molar refractivity (Wildman–Crippen MR) is 167 cm³/mol. The second-order valence-corrected chi connectivity index (χ2v) is 10.8. The number of carbonyl (C=O) groups is 2. The summed E-state index contributed by atoms with van der Waals surface area (Å²) < 4.78 is 10.9. The lowest BCUT2D eigenvalue weighted by Gasteiger charge is -2.25. The van der Waals surface area contributed by atoms with Gasteiger partial charge in [0.15, 0.2) is 0 Å². The van der Waals surface area contributed by atoms with Crippen LogP contribution in [0.25, 0.3) is 22.2 Å². The maximum Gasteiger partial charge on any atom is 0.326 e. The van der Waals surface area contributed by atoms with E-state index in [4.69, 9.17) is 9.47 Å². The molecule has 220 valence electrons. The second-order valence-electron chi connectivity index (χ2n) is 10.8. The van der Waals surface area contributed by atoms with Crippen molar-refractivity contribution in [3.63, 3.8) is 0 Å². The van der Waals surface area contributed by atoms with E-state index in [-0.39, 0.29) is 23.5 Å². The molecule has 0 spiro atoms. The number of benzene rings is 2. The highest BCUT2D eigenvalue weighted by Gasteiger charge is 2.22. The molecule has 0 saturated carbocycles. The van der Waals surface area contributed by atoms with Gasteiger partial charge in [-0.15, -0.1) is 0 Å². The predicted octanol–water partition coefficient (Wildman–Crippen LogP) is 6.84. The number of nitrogens with one attached hydrogen (secondary N) is 2. The molecular formula is C33H38N4O5. The number of H-pyrrole nitrogens is 1. The molecule has 2 heterocycles. The van der Waals surface area contributed by atoms with Crippen LogP contribution in [-0.2, 0) is 9.53 Å². The van der Waals surface area contributed by atoms with Crippen molar-refractivity contribution in [2.24, 2.45) is 0 Å². The molecule has 42 heavy (non-hydrogen) atoms. The number of urea groups is 1. The number of rotatable bonds is 10. The minimum absolute atomic E-state index is 0.110. The summed E-state index contributed by atoms with van der Waals surface area (Å²) in [7, 11) is 1.58. The third kappa shape index (κ3) is 7.15. The van der Waals surface area contributed by atoms with Crippen LogP contribution < -0.4 is 20.5 Å². The van der Waals surface area contributed by atoms with E-state index < -0.39 is 11.6 Å². The fourth-order valence-corrected chi connectivity index (χ4v) is 4.71. The molecule has 4 rings (SSSR count). The number of hydrogen-bond acceptors (Lipinski definition) is 6. The normalized spacial score (nSPS) is 11.1. The molecule has 0 fully saturated rings. The third-order valence-electron chi connectivity index (χ3n) is 6.97. The Kier molecular flexibility index (Phi) is 9.62. The lowest BCUT2D eigenvalue weighted by molar-refractivity contribution is -0.141. The zero-order chi connectivity index (χ0) is 30.4. The zero-order valence-electron chi connectivity index (χ0n) is 25.0. The minimum Gasteiger partial charge on any atom is -0.493 e. The van der Waals surface area contributed by atoms with Crippen LogP contribution >= 0.6 is 0 Å². The van der Waals surface area contributed by atoms with Gasteiger partial charge in [-0.2, -0.15) is 0 Å². The highest BCUT2D eigenvalue weighted by Crippen LogP contribution is 2.38. The van der Waals surface area contributed by atoms with E-state index in [1.807, 2.05) is 30.3 Å². The lowest BCUT2D eigenvalue weighted by atomic mass is 9.88. The molecular weight excluding hydrogens is 532 g/mol. The smallest absolute Gasteiger partial charge is 0.326 e. The first-order valence-corrected chi connectivity index (χ1v) is 14.1. The van der Waals surface area contributed by atoms with Gasteiger partial charge in [0.05, 0.1) is 13.2 Å². The molecule has 9 heteroatoms. The van der Waals surface area contributed by atoms with Crippen molar-refractivity contribution in [2.45, 2.75) is 52.9 Å². The number of aromatic amines is 1. The van der Waals surface area contributed by atoms with Gasteiger partial charge < -0.3 is 19.8 Å². The fraction of sp³-hybridized carbons (Fsp3) is 0.333. The number of anilines is 2. The lowest BCUT2D eigenvalue weighted by Crippen LogP contribution is -2.35. The monoisotopic (exact) mass is 570 g/mol. The Labute approximate surface area is 245 Å². The van der Waals surface area contributed by atoms with Crippen LogP contribution in [0.3, 0.4) is 0 Å². The average molecular weight is 571 g/mol. The van der Waals surface area contributed by atoms with Crippen LogP contribution in [0.2, 0.25) is 0 Å². The number of ether oxygens (including phenoxy) is 2. The van der Waals surface area contributed by atoms with Crippen LogP contribution in [0, 0.1) is 0 Å². The van der Waals surface area contributed by atoms with E-state index in [1.54, 1.807) is 25.4 Å². The van der Waals surface area contributed by atoms with E-state index >= 15 is 0 Å². The number of esters is 1. The molecule has 0 aliphatic carbocycles. The van der Waals surface area contributed by atoms with Crippen LogP contribution in [0.15, 0.2) is 65.6 Å². The van der Waals surface area contributed by atoms with Crippen LogP contribution in [-0.4, -0.2) is 42.2 Å². The molecule has 2 aromatic heterocycles. The molecule has 0 saturated heterocycles. The van der Waals surface area contributed by atoms with E-state index in [2.05, 4.69) is 55.1 Å². The maximum atomic E-state index is 13.5. The second kappa shape index (κ2) is 13.3. The van der Waals surface area contributed by atoms with Gasteiger partial charge in [-0.25, -0.2) is 9.78 Å². The molecule has 0 radical (unpaired) electrons. The Bertz CT molecular complexity index is 1610. The fourth-order valence-electron chi connectivity index (χ4n) is 4.71. The molecule has 2 aromatic carbocycles. The standard InChI is InChI=1S/C33H38N4O5/c1-20(2)27-17-25(23-10-7-12-26(16-23)42-15-9-14-41-22(5)38)18-28(21(3)4)30(27)35-33(40)37(6)29-19-24-11-8-13-34-31(24)36-32(29)39/h7-8,10-13,16-21H,9,14-15H2,1-6H3,(H,35,40)(H,34,36,39).